The number of fused-ring (bicyclic) bond motifs is 1. The zero-order valence-corrected chi connectivity index (χ0v) is 12.3. The molecule has 0 spiro atoms. The lowest BCUT2D eigenvalue weighted by molar-refractivity contribution is 0.0694. The molecule has 6 heteroatoms. The van der Waals surface area contributed by atoms with E-state index in [1.165, 1.54) is 26.5 Å². The molecular formula is C15H17NO5. The first-order valence-electron chi connectivity index (χ1n) is 6.44. The first-order chi connectivity index (χ1) is 9.90. The summed E-state index contributed by atoms with van der Waals surface area (Å²) >= 11 is 0. The van der Waals surface area contributed by atoms with Crippen LogP contribution in [0.5, 0.6) is 11.5 Å². The lowest BCUT2D eigenvalue weighted by atomic mass is 10.1. The van der Waals surface area contributed by atoms with Crippen molar-refractivity contribution >= 4 is 16.9 Å². The predicted octanol–water partition coefficient (Wildman–Crippen LogP) is 2.30. The van der Waals surface area contributed by atoms with E-state index in [9.17, 15) is 14.7 Å². The highest BCUT2D eigenvalue weighted by atomic mass is 16.5. The molecule has 21 heavy (non-hydrogen) atoms. The van der Waals surface area contributed by atoms with Gasteiger partial charge in [-0.3, -0.25) is 4.79 Å². The van der Waals surface area contributed by atoms with Crippen LogP contribution < -0.4 is 14.9 Å². The van der Waals surface area contributed by atoms with Crippen LogP contribution in [0.25, 0.3) is 10.9 Å². The quantitative estimate of drug-likeness (QED) is 0.935. The van der Waals surface area contributed by atoms with Crippen molar-refractivity contribution in [1.82, 2.24) is 4.57 Å². The Bertz CT molecular complexity index is 761. The van der Waals surface area contributed by atoms with E-state index in [-0.39, 0.29) is 11.6 Å². The number of ether oxygens (including phenoxy) is 2. The summed E-state index contributed by atoms with van der Waals surface area (Å²) in [5.41, 5.74) is -0.184. The zero-order chi connectivity index (χ0) is 15.7. The molecule has 0 saturated carbocycles. The van der Waals surface area contributed by atoms with Crippen LogP contribution in [-0.2, 0) is 0 Å². The monoisotopic (exact) mass is 291 g/mol. The van der Waals surface area contributed by atoms with Crippen molar-refractivity contribution in [2.75, 3.05) is 14.2 Å². The third kappa shape index (κ3) is 2.44. The van der Waals surface area contributed by atoms with Crippen LogP contribution >= 0.6 is 0 Å². The van der Waals surface area contributed by atoms with Gasteiger partial charge in [0.05, 0.1) is 25.1 Å². The molecule has 0 saturated heterocycles. The fourth-order valence-corrected chi connectivity index (χ4v) is 2.26. The van der Waals surface area contributed by atoms with E-state index in [0.717, 1.165) is 0 Å². The Balaban J connectivity index is 2.97. The standard InChI is InChI=1S/C15H17NO5/c1-8(2)16-7-10(15(18)19)14(17)9-5-12(20-3)13(21-4)6-11(9)16/h5-8H,1-4H3,(H,18,19). The number of benzene rings is 1. The molecule has 0 bridgehead atoms. The second-order valence-corrected chi connectivity index (χ2v) is 4.90. The fraction of sp³-hybridized carbons (Fsp3) is 0.333. The maximum Gasteiger partial charge on any atom is 0.341 e. The zero-order valence-electron chi connectivity index (χ0n) is 12.3. The normalized spacial score (nSPS) is 10.9. The van der Waals surface area contributed by atoms with E-state index >= 15 is 0 Å². The number of methoxy groups -OCH3 is 2. The summed E-state index contributed by atoms with van der Waals surface area (Å²) in [6, 6.07) is 3.19. The molecule has 1 N–H and O–H groups in total. The van der Waals surface area contributed by atoms with E-state index in [1.54, 1.807) is 10.6 Å². The van der Waals surface area contributed by atoms with Gasteiger partial charge in [0.2, 0.25) is 5.43 Å². The number of hydrogen-bond acceptors (Lipinski definition) is 4. The number of nitrogens with zero attached hydrogens (tertiary/aromatic N) is 1. The first-order valence-corrected chi connectivity index (χ1v) is 6.44. The van der Waals surface area contributed by atoms with Crippen LogP contribution in [0.3, 0.4) is 0 Å². The van der Waals surface area contributed by atoms with Gasteiger partial charge in [0.1, 0.15) is 5.56 Å². The van der Waals surface area contributed by atoms with Crippen LogP contribution in [0, 0.1) is 0 Å². The minimum absolute atomic E-state index is 0.00991. The van der Waals surface area contributed by atoms with Gasteiger partial charge in [0.25, 0.3) is 0 Å². The summed E-state index contributed by atoms with van der Waals surface area (Å²) in [7, 11) is 2.97. The molecular weight excluding hydrogens is 274 g/mol. The Hall–Kier alpha value is -2.50. The number of carboxylic acid groups (broad SMARTS) is 1. The number of pyridine rings is 1. The summed E-state index contributed by atoms with van der Waals surface area (Å²) in [5, 5.41) is 9.48. The highest BCUT2D eigenvalue weighted by molar-refractivity contribution is 5.93. The Morgan fingerprint density at radius 3 is 2.24 bits per heavy atom. The second kappa shape index (κ2) is 5.47. The summed E-state index contributed by atoms with van der Waals surface area (Å²) in [6.07, 6.45) is 1.36. The molecule has 0 amide bonds. The van der Waals surface area contributed by atoms with Crippen molar-refractivity contribution < 1.29 is 19.4 Å². The number of rotatable bonds is 4. The maximum absolute atomic E-state index is 12.3. The molecule has 6 nitrogen and oxygen atoms in total. The largest absolute Gasteiger partial charge is 0.493 e. The Morgan fingerprint density at radius 1 is 1.19 bits per heavy atom. The van der Waals surface area contributed by atoms with Crippen molar-refractivity contribution in [2.45, 2.75) is 19.9 Å². The summed E-state index contributed by atoms with van der Waals surface area (Å²) in [6.45, 7) is 3.82. The topological polar surface area (TPSA) is 77.8 Å². The molecule has 1 heterocycles. The third-order valence-electron chi connectivity index (χ3n) is 3.32. The number of carboxylic acids is 1. The van der Waals surface area contributed by atoms with Gasteiger partial charge in [-0.2, -0.15) is 0 Å². The van der Waals surface area contributed by atoms with E-state index in [0.29, 0.717) is 22.4 Å². The van der Waals surface area contributed by atoms with Gasteiger partial charge in [0, 0.05) is 18.3 Å². The summed E-state index contributed by atoms with van der Waals surface area (Å²) in [4.78, 5) is 23.6. The fourth-order valence-electron chi connectivity index (χ4n) is 2.26. The van der Waals surface area contributed by atoms with Gasteiger partial charge in [0.15, 0.2) is 11.5 Å². The molecule has 112 valence electrons. The van der Waals surface area contributed by atoms with E-state index in [4.69, 9.17) is 9.47 Å². The van der Waals surface area contributed by atoms with Crippen LogP contribution in [-0.4, -0.2) is 29.9 Å². The Labute approximate surface area is 121 Å². The van der Waals surface area contributed by atoms with Crippen molar-refractivity contribution in [3.8, 4) is 11.5 Å². The van der Waals surface area contributed by atoms with Crippen molar-refractivity contribution in [3.63, 3.8) is 0 Å². The third-order valence-corrected chi connectivity index (χ3v) is 3.32. The average Bonchev–Trinajstić information content (AvgIpc) is 2.45. The Kier molecular flexibility index (Phi) is 3.88. The maximum atomic E-state index is 12.3. The Morgan fingerprint density at radius 2 is 1.76 bits per heavy atom. The number of aromatic nitrogens is 1. The molecule has 0 unspecified atom stereocenters. The predicted molar refractivity (Wildman–Crippen MR) is 78.7 cm³/mol. The van der Waals surface area contributed by atoms with E-state index in [2.05, 4.69) is 0 Å². The number of aromatic carboxylic acids is 1. The highest BCUT2D eigenvalue weighted by Gasteiger charge is 2.18. The minimum atomic E-state index is -1.24. The summed E-state index contributed by atoms with van der Waals surface area (Å²) < 4.78 is 12.2. The molecule has 0 atom stereocenters. The van der Waals surface area contributed by atoms with Gasteiger partial charge in [-0.15, -0.1) is 0 Å². The molecule has 1 aromatic heterocycles. The molecule has 2 rings (SSSR count). The lowest BCUT2D eigenvalue weighted by Crippen LogP contribution is -2.19. The molecule has 0 aliphatic heterocycles. The van der Waals surface area contributed by atoms with E-state index in [1.807, 2.05) is 13.8 Å². The van der Waals surface area contributed by atoms with E-state index < -0.39 is 11.4 Å². The molecule has 0 fully saturated rings. The van der Waals surface area contributed by atoms with Crippen molar-refractivity contribution in [2.24, 2.45) is 0 Å². The van der Waals surface area contributed by atoms with Crippen LogP contribution in [0.15, 0.2) is 23.1 Å². The molecule has 2 aromatic rings. The smallest absolute Gasteiger partial charge is 0.341 e. The highest BCUT2D eigenvalue weighted by Crippen LogP contribution is 2.32. The van der Waals surface area contributed by atoms with Gasteiger partial charge < -0.3 is 19.1 Å². The lowest BCUT2D eigenvalue weighted by Gasteiger charge is -2.17. The average molecular weight is 291 g/mol. The molecule has 1 aromatic carbocycles. The summed E-state index contributed by atoms with van der Waals surface area (Å²) in [5.74, 6) is -0.368. The van der Waals surface area contributed by atoms with Crippen LogP contribution in [0.4, 0.5) is 0 Å². The molecule has 0 aliphatic carbocycles. The van der Waals surface area contributed by atoms with Crippen molar-refractivity contribution in [3.05, 3.63) is 34.1 Å². The molecule has 0 aliphatic rings. The van der Waals surface area contributed by atoms with Gasteiger partial charge >= 0.3 is 5.97 Å². The number of carbonyl (C=O) groups is 1. The van der Waals surface area contributed by atoms with Gasteiger partial charge in [-0.05, 0) is 19.9 Å². The molecule has 0 radical (unpaired) electrons. The van der Waals surface area contributed by atoms with Crippen LogP contribution in [0.2, 0.25) is 0 Å². The van der Waals surface area contributed by atoms with Gasteiger partial charge in [-0.1, -0.05) is 0 Å². The van der Waals surface area contributed by atoms with Crippen LogP contribution in [0.1, 0.15) is 30.2 Å². The number of hydrogen-bond donors (Lipinski definition) is 1. The van der Waals surface area contributed by atoms with Crippen molar-refractivity contribution in [1.29, 1.82) is 0 Å². The first kappa shape index (κ1) is 14.9. The SMILES string of the molecule is COc1cc2c(=O)c(C(=O)O)cn(C(C)C)c2cc1OC. The second-order valence-electron chi connectivity index (χ2n) is 4.90. The minimum Gasteiger partial charge on any atom is -0.493 e. The van der Waals surface area contributed by atoms with Gasteiger partial charge in [-0.25, -0.2) is 4.79 Å².